The van der Waals surface area contributed by atoms with Crippen molar-refractivity contribution in [3.8, 4) is 5.75 Å². The van der Waals surface area contributed by atoms with Crippen LogP contribution in [0.15, 0.2) is 24.3 Å². The quantitative estimate of drug-likeness (QED) is 0.607. The average molecular weight is 266 g/mol. The molecule has 0 saturated carbocycles. The second-order valence-corrected chi connectivity index (χ2v) is 5.30. The van der Waals surface area contributed by atoms with Crippen LogP contribution in [0.3, 0.4) is 0 Å². The maximum atomic E-state index is 13.9. The van der Waals surface area contributed by atoms with E-state index in [9.17, 15) is 14.0 Å². The van der Waals surface area contributed by atoms with Gasteiger partial charge in [-0.2, -0.15) is 0 Å². The molecule has 0 heterocycles. The van der Waals surface area contributed by atoms with E-state index < -0.39 is 23.2 Å². The van der Waals surface area contributed by atoms with Crippen molar-refractivity contribution in [2.24, 2.45) is 5.41 Å². The van der Waals surface area contributed by atoms with Crippen LogP contribution in [0, 0.1) is 5.41 Å². The zero-order valence-corrected chi connectivity index (χ0v) is 11.7. The molecule has 19 heavy (non-hydrogen) atoms. The first-order valence-corrected chi connectivity index (χ1v) is 6.23. The molecule has 104 valence electrons. The number of hydrogen-bond acceptors (Lipinski definition) is 3. The molecule has 0 amide bonds. The lowest BCUT2D eigenvalue weighted by Gasteiger charge is -2.18. The summed E-state index contributed by atoms with van der Waals surface area (Å²) in [5.41, 5.74) is -0.733. The van der Waals surface area contributed by atoms with Crippen molar-refractivity contribution in [2.75, 3.05) is 6.61 Å². The van der Waals surface area contributed by atoms with Gasteiger partial charge in [0.2, 0.25) is 12.0 Å². The van der Waals surface area contributed by atoms with E-state index in [2.05, 4.69) is 0 Å². The van der Waals surface area contributed by atoms with Crippen LogP contribution in [0.2, 0.25) is 0 Å². The van der Waals surface area contributed by atoms with Gasteiger partial charge in [0.05, 0.1) is 6.61 Å². The number of ether oxygens (including phenoxy) is 1. The minimum atomic E-state index is -2.13. The number of halogens is 1. The minimum Gasteiger partial charge on any atom is -0.494 e. The van der Waals surface area contributed by atoms with Crippen LogP contribution in [0.1, 0.15) is 38.1 Å². The summed E-state index contributed by atoms with van der Waals surface area (Å²) < 4.78 is 19.2. The highest BCUT2D eigenvalue weighted by molar-refractivity contribution is 6.14. The van der Waals surface area contributed by atoms with Gasteiger partial charge in [-0.25, -0.2) is 4.39 Å². The molecule has 3 nitrogen and oxygen atoms in total. The fourth-order valence-corrected chi connectivity index (χ4v) is 1.55. The number of carbonyl (C=O) groups is 2. The Morgan fingerprint density at radius 2 is 1.95 bits per heavy atom. The molecule has 0 radical (unpaired) electrons. The van der Waals surface area contributed by atoms with Gasteiger partial charge in [-0.1, -0.05) is 32.9 Å². The van der Waals surface area contributed by atoms with Gasteiger partial charge < -0.3 is 4.74 Å². The Balaban J connectivity index is 2.94. The molecule has 0 N–H and O–H groups in total. The van der Waals surface area contributed by atoms with Gasteiger partial charge in [-0.15, -0.1) is 0 Å². The van der Waals surface area contributed by atoms with Crippen LogP contribution < -0.4 is 4.74 Å². The Morgan fingerprint density at radius 1 is 1.32 bits per heavy atom. The molecule has 1 aromatic carbocycles. The zero-order valence-electron chi connectivity index (χ0n) is 11.7. The predicted molar refractivity (Wildman–Crippen MR) is 71.3 cm³/mol. The van der Waals surface area contributed by atoms with Crippen molar-refractivity contribution in [1.29, 1.82) is 0 Å². The summed E-state index contributed by atoms with van der Waals surface area (Å²) in [6.45, 7) is 7.04. The van der Waals surface area contributed by atoms with Crippen LogP contribution in [0.5, 0.6) is 5.75 Å². The first kappa shape index (κ1) is 15.3. The fraction of sp³-hybridized carbons (Fsp3) is 0.467. The number of Topliss-reactive ketones (excluding diaryl/α,β-unsaturated/α-hetero) is 2. The summed E-state index contributed by atoms with van der Waals surface area (Å²) in [7, 11) is 0. The van der Waals surface area contributed by atoms with Crippen molar-refractivity contribution in [3.05, 3.63) is 29.8 Å². The third-order valence-corrected chi connectivity index (χ3v) is 2.63. The van der Waals surface area contributed by atoms with E-state index >= 15 is 0 Å². The largest absolute Gasteiger partial charge is 0.494 e. The Bertz CT molecular complexity index is 475. The molecule has 0 fully saturated rings. The summed E-state index contributed by atoms with van der Waals surface area (Å²) in [4.78, 5) is 23.7. The summed E-state index contributed by atoms with van der Waals surface area (Å²) >= 11 is 0. The third kappa shape index (κ3) is 3.88. The van der Waals surface area contributed by atoms with E-state index in [1.54, 1.807) is 32.9 Å². The molecule has 1 rings (SSSR count). The normalized spacial score (nSPS) is 12.9. The molecular formula is C15H19FO3. The van der Waals surface area contributed by atoms with Crippen molar-refractivity contribution >= 4 is 11.6 Å². The van der Waals surface area contributed by atoms with E-state index in [0.717, 1.165) is 0 Å². The summed E-state index contributed by atoms with van der Waals surface area (Å²) in [6, 6.07) is 6.22. The molecule has 0 spiro atoms. The zero-order chi connectivity index (χ0) is 14.6. The number of rotatable bonds is 5. The van der Waals surface area contributed by atoms with E-state index in [1.165, 1.54) is 12.1 Å². The highest BCUT2D eigenvalue weighted by Crippen LogP contribution is 2.22. The van der Waals surface area contributed by atoms with Crippen LogP contribution in [0.25, 0.3) is 0 Å². The monoisotopic (exact) mass is 266 g/mol. The van der Waals surface area contributed by atoms with Crippen molar-refractivity contribution < 1.29 is 18.7 Å². The maximum Gasteiger partial charge on any atom is 0.221 e. The summed E-state index contributed by atoms with van der Waals surface area (Å²) in [6.07, 6.45) is -2.13. The second kappa shape index (κ2) is 5.95. The third-order valence-electron chi connectivity index (χ3n) is 2.63. The molecular weight excluding hydrogens is 247 g/mol. The van der Waals surface area contributed by atoms with Crippen molar-refractivity contribution in [1.82, 2.24) is 0 Å². The van der Waals surface area contributed by atoms with Gasteiger partial charge in [-0.3, -0.25) is 9.59 Å². The molecule has 0 aliphatic rings. The Kier molecular flexibility index (Phi) is 4.81. The highest BCUT2D eigenvalue weighted by atomic mass is 19.1. The lowest BCUT2D eigenvalue weighted by atomic mass is 9.86. The molecule has 1 aromatic rings. The molecule has 0 aliphatic carbocycles. The second-order valence-electron chi connectivity index (χ2n) is 5.30. The molecule has 1 unspecified atom stereocenters. The number of carbonyl (C=O) groups excluding carboxylic acids is 2. The molecule has 0 bridgehead atoms. The Morgan fingerprint density at radius 3 is 2.47 bits per heavy atom. The number of alkyl halides is 1. The van der Waals surface area contributed by atoms with E-state index in [4.69, 9.17) is 4.74 Å². The van der Waals surface area contributed by atoms with E-state index in [0.29, 0.717) is 12.4 Å². The number of ketones is 2. The Hall–Kier alpha value is -1.71. The van der Waals surface area contributed by atoms with E-state index in [1.807, 2.05) is 6.92 Å². The summed E-state index contributed by atoms with van der Waals surface area (Å²) in [5.74, 6) is -1.04. The van der Waals surface area contributed by atoms with Gasteiger partial charge in [0.15, 0.2) is 5.78 Å². The van der Waals surface area contributed by atoms with Crippen LogP contribution >= 0.6 is 0 Å². The minimum absolute atomic E-state index is 0.149. The lowest BCUT2D eigenvalue weighted by molar-refractivity contribution is -0.129. The summed E-state index contributed by atoms with van der Waals surface area (Å²) in [5, 5.41) is 0. The fourth-order valence-electron chi connectivity index (χ4n) is 1.55. The molecule has 0 aromatic heterocycles. The number of hydrogen-bond donors (Lipinski definition) is 0. The van der Waals surface area contributed by atoms with Gasteiger partial charge in [0.1, 0.15) is 5.75 Å². The smallest absolute Gasteiger partial charge is 0.221 e. The van der Waals surface area contributed by atoms with Crippen molar-refractivity contribution in [2.45, 2.75) is 33.9 Å². The topological polar surface area (TPSA) is 43.4 Å². The first-order chi connectivity index (χ1) is 8.77. The van der Waals surface area contributed by atoms with E-state index in [-0.39, 0.29) is 5.56 Å². The van der Waals surface area contributed by atoms with Crippen LogP contribution in [0.4, 0.5) is 4.39 Å². The standard InChI is InChI=1S/C15H19FO3/c1-5-19-11-8-6-7-10(9-11)13(17)12(16)14(18)15(2,3)4/h6-9,12H,5H2,1-4H3. The molecule has 0 aliphatic heterocycles. The first-order valence-electron chi connectivity index (χ1n) is 6.23. The molecule has 1 atom stereocenters. The van der Waals surface area contributed by atoms with Gasteiger partial charge >= 0.3 is 0 Å². The Labute approximate surface area is 112 Å². The molecule has 4 heteroatoms. The SMILES string of the molecule is CCOc1cccc(C(=O)C(F)C(=O)C(C)(C)C)c1. The van der Waals surface area contributed by atoms with Crippen LogP contribution in [-0.2, 0) is 4.79 Å². The average Bonchev–Trinajstić information content (AvgIpc) is 2.36. The highest BCUT2D eigenvalue weighted by Gasteiger charge is 2.35. The lowest BCUT2D eigenvalue weighted by Crippen LogP contribution is -2.35. The molecule has 0 saturated heterocycles. The van der Waals surface area contributed by atoms with Gasteiger partial charge in [0, 0.05) is 11.0 Å². The maximum absolute atomic E-state index is 13.9. The van der Waals surface area contributed by atoms with Crippen molar-refractivity contribution in [3.63, 3.8) is 0 Å². The van der Waals surface area contributed by atoms with Crippen LogP contribution in [-0.4, -0.2) is 24.3 Å². The predicted octanol–water partition coefficient (Wildman–Crippen LogP) is 3.22. The van der Waals surface area contributed by atoms with Gasteiger partial charge in [-0.05, 0) is 19.1 Å². The van der Waals surface area contributed by atoms with Gasteiger partial charge in [0.25, 0.3) is 0 Å². The number of benzene rings is 1.